The molecule has 3 aliphatic heterocycles. The van der Waals surface area contributed by atoms with Crippen molar-refractivity contribution in [1.82, 2.24) is 9.80 Å². The van der Waals surface area contributed by atoms with Crippen LogP contribution in [0.15, 0.2) is 18.2 Å². The van der Waals surface area contributed by atoms with Gasteiger partial charge in [0.2, 0.25) is 0 Å². The van der Waals surface area contributed by atoms with Gasteiger partial charge in [-0.3, -0.25) is 9.69 Å². The first kappa shape index (κ1) is 15.4. The second kappa shape index (κ2) is 5.16. The molecular formula is C17H19F2N3O2. The Balaban J connectivity index is 1.58. The number of anilines is 1. The van der Waals surface area contributed by atoms with E-state index in [1.54, 1.807) is 9.80 Å². The third kappa shape index (κ3) is 1.96. The van der Waals surface area contributed by atoms with E-state index in [-0.39, 0.29) is 30.2 Å². The molecule has 1 aromatic carbocycles. The van der Waals surface area contributed by atoms with Gasteiger partial charge in [-0.05, 0) is 38.3 Å². The molecule has 128 valence electrons. The van der Waals surface area contributed by atoms with Gasteiger partial charge >= 0.3 is 6.03 Å². The van der Waals surface area contributed by atoms with Crippen molar-refractivity contribution in [2.75, 3.05) is 24.5 Å². The van der Waals surface area contributed by atoms with Gasteiger partial charge in [-0.1, -0.05) is 6.07 Å². The van der Waals surface area contributed by atoms with Crippen LogP contribution < -0.4 is 4.90 Å². The van der Waals surface area contributed by atoms with Crippen LogP contribution in [-0.4, -0.2) is 53.0 Å². The molecule has 5 nitrogen and oxygen atoms in total. The van der Waals surface area contributed by atoms with E-state index in [9.17, 15) is 18.4 Å². The minimum Gasteiger partial charge on any atom is -0.365 e. The topological polar surface area (TPSA) is 43.9 Å². The smallest absolute Gasteiger partial charge is 0.327 e. The van der Waals surface area contributed by atoms with Gasteiger partial charge in [-0.25, -0.2) is 13.6 Å². The van der Waals surface area contributed by atoms with E-state index in [0.29, 0.717) is 25.9 Å². The molecule has 0 radical (unpaired) electrons. The van der Waals surface area contributed by atoms with E-state index in [2.05, 4.69) is 0 Å². The zero-order valence-electron chi connectivity index (χ0n) is 13.5. The van der Waals surface area contributed by atoms with Crippen molar-refractivity contribution in [3.63, 3.8) is 0 Å². The monoisotopic (exact) mass is 335 g/mol. The number of imide groups is 1. The molecule has 3 amide bonds. The number of nitrogens with zero attached hydrogens (tertiary/aromatic N) is 3. The van der Waals surface area contributed by atoms with Gasteiger partial charge in [-0.2, -0.15) is 0 Å². The zero-order chi connectivity index (χ0) is 17.1. The molecule has 4 rings (SSSR count). The number of urea groups is 1. The third-order valence-electron chi connectivity index (χ3n) is 5.54. The van der Waals surface area contributed by atoms with Gasteiger partial charge in [0.1, 0.15) is 22.9 Å². The number of fused-ring (bicyclic) bond motifs is 1. The van der Waals surface area contributed by atoms with E-state index in [1.807, 2.05) is 6.92 Å². The van der Waals surface area contributed by atoms with Crippen molar-refractivity contribution in [3.05, 3.63) is 29.8 Å². The van der Waals surface area contributed by atoms with Crippen molar-refractivity contribution >= 4 is 17.6 Å². The van der Waals surface area contributed by atoms with Crippen LogP contribution in [0, 0.1) is 11.6 Å². The minimum atomic E-state index is -0.742. The van der Waals surface area contributed by atoms with Crippen LogP contribution in [0.4, 0.5) is 19.3 Å². The Morgan fingerprint density at radius 1 is 1.17 bits per heavy atom. The fourth-order valence-corrected chi connectivity index (χ4v) is 4.24. The van der Waals surface area contributed by atoms with Gasteiger partial charge in [0.25, 0.3) is 5.91 Å². The summed E-state index contributed by atoms with van der Waals surface area (Å²) in [7, 11) is 0. The molecule has 0 N–H and O–H groups in total. The van der Waals surface area contributed by atoms with Crippen LogP contribution in [0.3, 0.4) is 0 Å². The van der Waals surface area contributed by atoms with Crippen LogP contribution in [0.25, 0.3) is 0 Å². The Bertz CT molecular complexity index is 706. The minimum absolute atomic E-state index is 0.0780. The summed E-state index contributed by atoms with van der Waals surface area (Å²) < 4.78 is 27.9. The van der Waals surface area contributed by atoms with Crippen LogP contribution in [-0.2, 0) is 4.79 Å². The molecule has 0 saturated carbocycles. The Morgan fingerprint density at radius 2 is 1.88 bits per heavy atom. The highest BCUT2D eigenvalue weighted by molar-refractivity contribution is 6.07. The Morgan fingerprint density at radius 3 is 2.54 bits per heavy atom. The number of rotatable bonds is 2. The lowest BCUT2D eigenvalue weighted by molar-refractivity contribution is -0.133. The molecule has 0 bridgehead atoms. The molecule has 7 heteroatoms. The Hall–Kier alpha value is -2.18. The molecular weight excluding hydrogens is 316 g/mol. The highest BCUT2D eigenvalue weighted by Crippen LogP contribution is 2.40. The molecule has 24 heavy (non-hydrogen) atoms. The molecule has 2 unspecified atom stereocenters. The summed E-state index contributed by atoms with van der Waals surface area (Å²) in [6.45, 7) is 3.08. The van der Waals surface area contributed by atoms with E-state index in [4.69, 9.17) is 0 Å². The summed E-state index contributed by atoms with van der Waals surface area (Å²) in [6.07, 6.45) is 2.03. The number of hydrogen-bond acceptors (Lipinski definition) is 3. The second-order valence-electron chi connectivity index (χ2n) is 6.95. The van der Waals surface area contributed by atoms with Gasteiger partial charge < -0.3 is 9.80 Å². The summed E-state index contributed by atoms with van der Waals surface area (Å²) in [5.41, 5.74) is -0.820. The number of benzene rings is 1. The van der Waals surface area contributed by atoms with Gasteiger partial charge in [0, 0.05) is 19.6 Å². The first-order valence-electron chi connectivity index (χ1n) is 8.28. The zero-order valence-corrected chi connectivity index (χ0v) is 13.5. The summed E-state index contributed by atoms with van der Waals surface area (Å²) >= 11 is 0. The molecule has 3 saturated heterocycles. The molecule has 2 atom stereocenters. The number of amides is 3. The van der Waals surface area contributed by atoms with E-state index < -0.39 is 17.2 Å². The van der Waals surface area contributed by atoms with Gasteiger partial charge in [0.05, 0.1) is 6.04 Å². The lowest BCUT2D eigenvalue weighted by Gasteiger charge is -2.24. The fourth-order valence-electron chi connectivity index (χ4n) is 4.24. The lowest BCUT2D eigenvalue weighted by Crippen LogP contribution is -2.45. The predicted molar refractivity (Wildman–Crippen MR) is 83.6 cm³/mol. The summed E-state index contributed by atoms with van der Waals surface area (Å²) in [4.78, 5) is 30.0. The van der Waals surface area contributed by atoms with Crippen LogP contribution in [0.2, 0.25) is 0 Å². The fraction of sp³-hybridized carbons (Fsp3) is 0.529. The number of halogens is 2. The molecule has 1 aromatic rings. The highest BCUT2D eigenvalue weighted by atomic mass is 19.1. The maximum absolute atomic E-state index is 14.0. The van der Waals surface area contributed by atoms with Crippen molar-refractivity contribution in [1.29, 1.82) is 0 Å². The summed E-state index contributed by atoms with van der Waals surface area (Å²) in [6, 6.07) is 3.15. The molecule has 0 aliphatic carbocycles. The molecule has 0 aromatic heterocycles. The van der Waals surface area contributed by atoms with Crippen molar-refractivity contribution in [2.45, 2.75) is 37.8 Å². The summed E-state index contributed by atoms with van der Waals surface area (Å²) in [5.74, 6) is -1.42. The molecule has 0 spiro atoms. The lowest BCUT2D eigenvalue weighted by atomic mass is 9.99. The van der Waals surface area contributed by atoms with Gasteiger partial charge in [-0.15, -0.1) is 0 Å². The SMILES string of the molecule is CC12CCCN1C(=O)N(C1CCN(c3c(F)cccc3F)C1)C2=O. The van der Waals surface area contributed by atoms with E-state index >= 15 is 0 Å². The second-order valence-corrected chi connectivity index (χ2v) is 6.95. The number of carbonyl (C=O) groups is 2. The van der Waals surface area contributed by atoms with Crippen LogP contribution in [0.1, 0.15) is 26.2 Å². The Labute approximate surface area is 138 Å². The maximum Gasteiger partial charge on any atom is 0.327 e. The van der Waals surface area contributed by atoms with Crippen molar-refractivity contribution in [2.24, 2.45) is 0 Å². The molecule has 3 fully saturated rings. The van der Waals surface area contributed by atoms with Crippen LogP contribution >= 0.6 is 0 Å². The van der Waals surface area contributed by atoms with Crippen molar-refractivity contribution < 1.29 is 18.4 Å². The number of carbonyl (C=O) groups excluding carboxylic acids is 2. The standard InChI is InChI=1S/C17H19F2N3O2/c1-17-7-3-8-21(17)16(24)22(15(17)23)11-6-9-20(10-11)14-12(18)4-2-5-13(14)19/h2,4-5,11H,3,6-10H2,1H3. The highest BCUT2D eigenvalue weighted by Gasteiger charge is 2.58. The molecule has 3 aliphatic rings. The molecule has 3 heterocycles. The van der Waals surface area contributed by atoms with Crippen molar-refractivity contribution in [3.8, 4) is 0 Å². The number of para-hydroxylation sites is 1. The normalized spacial score (nSPS) is 29.8. The van der Waals surface area contributed by atoms with E-state index in [0.717, 1.165) is 6.42 Å². The van der Waals surface area contributed by atoms with Gasteiger partial charge in [0.15, 0.2) is 0 Å². The average molecular weight is 335 g/mol. The predicted octanol–water partition coefficient (Wildman–Crippen LogP) is 2.36. The quantitative estimate of drug-likeness (QED) is 0.780. The maximum atomic E-state index is 14.0. The first-order valence-corrected chi connectivity index (χ1v) is 8.28. The van der Waals surface area contributed by atoms with E-state index in [1.165, 1.54) is 23.1 Å². The summed E-state index contributed by atoms with van der Waals surface area (Å²) in [5, 5.41) is 0. The largest absolute Gasteiger partial charge is 0.365 e. The third-order valence-corrected chi connectivity index (χ3v) is 5.54. The average Bonchev–Trinajstić information content (AvgIpc) is 3.18. The first-order chi connectivity index (χ1) is 11.4. The van der Waals surface area contributed by atoms with Crippen LogP contribution in [0.5, 0.6) is 0 Å². The Kier molecular flexibility index (Phi) is 3.30. The number of hydrogen-bond donors (Lipinski definition) is 0.